The maximum Gasteiger partial charge on any atom is 0.184 e. The molecule has 0 bridgehead atoms. The molecule has 0 radical (unpaired) electrons. The van der Waals surface area contributed by atoms with Crippen LogP contribution in [0.3, 0.4) is 0 Å². The summed E-state index contributed by atoms with van der Waals surface area (Å²) in [5.41, 5.74) is 7.52. The monoisotopic (exact) mass is 201 g/mol. The summed E-state index contributed by atoms with van der Waals surface area (Å²) in [6, 6.07) is 8.12. The molecule has 1 aliphatic rings. The van der Waals surface area contributed by atoms with Gasteiger partial charge < -0.3 is 5.73 Å². The van der Waals surface area contributed by atoms with Gasteiger partial charge in [0.1, 0.15) is 0 Å². The topological polar surface area (TPSA) is 69.6 Å². The number of aromatic nitrogens is 4. The molecule has 0 saturated heterocycles. The van der Waals surface area contributed by atoms with Crippen molar-refractivity contribution in [1.29, 1.82) is 0 Å². The zero-order chi connectivity index (χ0) is 10.3. The van der Waals surface area contributed by atoms with Crippen molar-refractivity contribution in [3.8, 4) is 11.4 Å². The molecule has 0 unspecified atom stereocenters. The van der Waals surface area contributed by atoms with Crippen LogP contribution in [-0.2, 0) is 0 Å². The summed E-state index contributed by atoms with van der Waals surface area (Å²) in [6.07, 6.45) is 2.32. The Kier molecular flexibility index (Phi) is 1.71. The fourth-order valence-corrected chi connectivity index (χ4v) is 1.64. The van der Waals surface area contributed by atoms with Crippen molar-refractivity contribution >= 4 is 5.69 Å². The lowest BCUT2D eigenvalue weighted by Crippen LogP contribution is -2.01. The van der Waals surface area contributed by atoms with Crippen molar-refractivity contribution in [1.82, 2.24) is 20.2 Å². The molecule has 0 aliphatic heterocycles. The van der Waals surface area contributed by atoms with Crippen molar-refractivity contribution in [3.05, 3.63) is 24.3 Å². The van der Waals surface area contributed by atoms with Gasteiger partial charge >= 0.3 is 0 Å². The van der Waals surface area contributed by atoms with Gasteiger partial charge in [0.05, 0.1) is 6.04 Å². The number of nitrogens with zero attached hydrogens (tertiary/aromatic N) is 4. The van der Waals surface area contributed by atoms with E-state index < -0.39 is 0 Å². The lowest BCUT2D eigenvalue weighted by molar-refractivity contribution is 0.615. The molecular formula is C10H11N5. The summed E-state index contributed by atoms with van der Waals surface area (Å²) in [4.78, 5) is 0. The number of tetrazole rings is 1. The quantitative estimate of drug-likeness (QED) is 0.742. The number of para-hydroxylation sites is 1. The first kappa shape index (κ1) is 8.40. The Bertz CT molecular complexity index is 486. The summed E-state index contributed by atoms with van der Waals surface area (Å²) in [7, 11) is 0. The highest BCUT2D eigenvalue weighted by Crippen LogP contribution is 2.37. The lowest BCUT2D eigenvalue weighted by Gasteiger charge is -2.04. The number of hydrogen-bond donors (Lipinski definition) is 1. The minimum Gasteiger partial charge on any atom is -0.398 e. The average Bonchev–Trinajstić information content (AvgIpc) is 2.98. The second kappa shape index (κ2) is 3.05. The predicted octanol–water partition coefficient (Wildman–Crippen LogP) is 1.26. The normalized spacial score (nSPS) is 15.5. The Balaban J connectivity index is 2.12. The molecule has 0 spiro atoms. The highest BCUT2D eigenvalue weighted by atomic mass is 15.6. The van der Waals surface area contributed by atoms with Crippen LogP contribution in [0.5, 0.6) is 0 Å². The van der Waals surface area contributed by atoms with Gasteiger partial charge in [-0.1, -0.05) is 12.1 Å². The Morgan fingerprint density at radius 3 is 2.80 bits per heavy atom. The van der Waals surface area contributed by atoms with Crippen LogP contribution in [0.1, 0.15) is 18.9 Å². The van der Waals surface area contributed by atoms with Crippen molar-refractivity contribution in [3.63, 3.8) is 0 Å². The largest absolute Gasteiger partial charge is 0.398 e. The van der Waals surface area contributed by atoms with Crippen LogP contribution in [0.15, 0.2) is 24.3 Å². The average molecular weight is 201 g/mol. The van der Waals surface area contributed by atoms with E-state index in [1.165, 1.54) is 0 Å². The lowest BCUT2D eigenvalue weighted by atomic mass is 10.2. The third-order valence-corrected chi connectivity index (χ3v) is 2.59. The molecular weight excluding hydrogens is 190 g/mol. The van der Waals surface area contributed by atoms with Crippen LogP contribution in [0.25, 0.3) is 11.4 Å². The first-order valence-corrected chi connectivity index (χ1v) is 4.99. The van der Waals surface area contributed by atoms with E-state index in [-0.39, 0.29) is 0 Å². The molecule has 2 aromatic rings. The van der Waals surface area contributed by atoms with Crippen LogP contribution in [0.2, 0.25) is 0 Å². The first-order chi connectivity index (χ1) is 7.36. The summed E-state index contributed by atoms with van der Waals surface area (Å²) in [5.74, 6) is 0.774. The number of nitrogens with two attached hydrogens (primary N) is 1. The Hall–Kier alpha value is -1.91. The molecule has 3 rings (SSSR count). The van der Waals surface area contributed by atoms with Crippen LogP contribution in [0, 0.1) is 0 Å². The third-order valence-electron chi connectivity index (χ3n) is 2.59. The Morgan fingerprint density at radius 1 is 1.27 bits per heavy atom. The first-order valence-electron chi connectivity index (χ1n) is 4.99. The van der Waals surface area contributed by atoms with Gasteiger partial charge in [0.2, 0.25) is 0 Å². The molecule has 1 saturated carbocycles. The molecule has 1 aliphatic carbocycles. The minimum atomic E-state index is 0.467. The van der Waals surface area contributed by atoms with Gasteiger partial charge in [0.25, 0.3) is 0 Å². The molecule has 76 valence electrons. The molecule has 5 heteroatoms. The molecule has 1 fully saturated rings. The van der Waals surface area contributed by atoms with Crippen molar-refractivity contribution in [2.75, 3.05) is 5.73 Å². The van der Waals surface area contributed by atoms with Crippen LogP contribution >= 0.6 is 0 Å². The number of nitrogen functional groups attached to an aromatic ring is 1. The van der Waals surface area contributed by atoms with Gasteiger partial charge in [-0.05, 0) is 35.4 Å². The van der Waals surface area contributed by atoms with E-state index in [1.54, 1.807) is 0 Å². The highest BCUT2D eigenvalue weighted by molar-refractivity contribution is 5.71. The Morgan fingerprint density at radius 2 is 2.07 bits per heavy atom. The van der Waals surface area contributed by atoms with Crippen molar-refractivity contribution in [2.24, 2.45) is 0 Å². The van der Waals surface area contributed by atoms with E-state index in [1.807, 2.05) is 28.9 Å². The minimum absolute atomic E-state index is 0.467. The van der Waals surface area contributed by atoms with Gasteiger partial charge in [0.15, 0.2) is 5.82 Å². The fraction of sp³-hybridized carbons (Fsp3) is 0.300. The molecule has 1 aromatic carbocycles. The van der Waals surface area contributed by atoms with Crippen LogP contribution in [0.4, 0.5) is 5.69 Å². The summed E-state index contributed by atoms with van der Waals surface area (Å²) in [5, 5.41) is 11.7. The molecule has 5 nitrogen and oxygen atoms in total. The summed E-state index contributed by atoms with van der Waals surface area (Å²) < 4.78 is 1.87. The van der Waals surface area contributed by atoms with Gasteiger partial charge in [0, 0.05) is 11.3 Å². The van der Waals surface area contributed by atoms with E-state index in [0.29, 0.717) is 11.7 Å². The standard InChI is InChI=1S/C10H11N5/c11-9-4-2-1-3-8(9)10-12-13-14-15(10)7-5-6-7/h1-4,7H,5-6,11H2. The van der Waals surface area contributed by atoms with Gasteiger partial charge in [-0.25, -0.2) is 4.68 Å². The van der Waals surface area contributed by atoms with Gasteiger partial charge in [-0.3, -0.25) is 0 Å². The Labute approximate surface area is 86.9 Å². The second-order valence-corrected chi connectivity index (χ2v) is 3.77. The smallest absolute Gasteiger partial charge is 0.184 e. The van der Waals surface area contributed by atoms with Gasteiger partial charge in [-0.15, -0.1) is 5.10 Å². The van der Waals surface area contributed by atoms with Crippen LogP contribution < -0.4 is 5.73 Å². The molecule has 15 heavy (non-hydrogen) atoms. The fourth-order valence-electron chi connectivity index (χ4n) is 1.64. The predicted molar refractivity (Wildman–Crippen MR) is 55.9 cm³/mol. The zero-order valence-electron chi connectivity index (χ0n) is 8.17. The molecule has 0 amide bonds. The molecule has 2 N–H and O–H groups in total. The van der Waals surface area contributed by atoms with E-state index in [2.05, 4.69) is 15.5 Å². The van der Waals surface area contributed by atoms with Crippen LogP contribution in [-0.4, -0.2) is 20.2 Å². The summed E-state index contributed by atoms with van der Waals surface area (Å²) >= 11 is 0. The molecule has 1 heterocycles. The highest BCUT2D eigenvalue weighted by Gasteiger charge is 2.28. The number of benzene rings is 1. The number of rotatable bonds is 2. The molecule has 1 aromatic heterocycles. The van der Waals surface area contributed by atoms with Crippen molar-refractivity contribution in [2.45, 2.75) is 18.9 Å². The maximum atomic E-state index is 5.89. The maximum absolute atomic E-state index is 5.89. The van der Waals surface area contributed by atoms with Crippen molar-refractivity contribution < 1.29 is 0 Å². The number of anilines is 1. The zero-order valence-corrected chi connectivity index (χ0v) is 8.17. The molecule has 0 atom stereocenters. The van der Waals surface area contributed by atoms with E-state index in [4.69, 9.17) is 5.73 Å². The van der Waals surface area contributed by atoms with E-state index in [9.17, 15) is 0 Å². The number of hydrogen-bond acceptors (Lipinski definition) is 4. The van der Waals surface area contributed by atoms with Gasteiger partial charge in [-0.2, -0.15) is 0 Å². The van der Waals surface area contributed by atoms with E-state index in [0.717, 1.165) is 24.2 Å². The summed E-state index contributed by atoms with van der Waals surface area (Å²) in [6.45, 7) is 0. The third kappa shape index (κ3) is 1.36. The SMILES string of the molecule is Nc1ccccc1-c1nnnn1C1CC1. The van der Waals surface area contributed by atoms with E-state index >= 15 is 0 Å². The second-order valence-electron chi connectivity index (χ2n) is 3.77.